The number of carbonyl (C=O) groups is 3. The summed E-state index contributed by atoms with van der Waals surface area (Å²) < 4.78 is 5.03. The van der Waals surface area contributed by atoms with E-state index in [0.29, 0.717) is 0 Å². The van der Waals surface area contributed by atoms with Crippen molar-refractivity contribution < 1.29 is 24.2 Å². The van der Waals surface area contributed by atoms with Crippen LogP contribution in [-0.2, 0) is 27.4 Å². The van der Waals surface area contributed by atoms with Crippen molar-refractivity contribution in [3.05, 3.63) is 71.8 Å². The standard InChI is InChI=1S/C20H23N3O5/c21-18(25)16(11-14-7-3-1-4-8-14)22-19(26)17(12-24)23-20(27)28-13-15-9-5-2-6-10-15/h1-10,16-17,24H,11-13H2,(H2,21,25)(H,22,26)(H,23,27)/t16-,17-/m1/s1. The van der Waals surface area contributed by atoms with E-state index in [1.807, 2.05) is 12.1 Å². The lowest BCUT2D eigenvalue weighted by molar-refractivity contribution is -0.129. The van der Waals surface area contributed by atoms with Crippen molar-refractivity contribution in [2.45, 2.75) is 25.1 Å². The van der Waals surface area contributed by atoms with E-state index < -0.39 is 36.6 Å². The topological polar surface area (TPSA) is 131 Å². The van der Waals surface area contributed by atoms with Gasteiger partial charge in [-0.3, -0.25) is 9.59 Å². The van der Waals surface area contributed by atoms with Gasteiger partial charge < -0.3 is 26.2 Å². The fraction of sp³-hybridized carbons (Fsp3) is 0.250. The van der Waals surface area contributed by atoms with E-state index in [2.05, 4.69) is 10.6 Å². The largest absolute Gasteiger partial charge is 0.445 e. The van der Waals surface area contributed by atoms with Gasteiger partial charge in [-0.25, -0.2) is 4.79 Å². The van der Waals surface area contributed by atoms with Crippen LogP contribution < -0.4 is 16.4 Å². The third-order valence-electron chi connectivity index (χ3n) is 3.95. The molecule has 148 valence electrons. The minimum absolute atomic E-state index is 0.0182. The predicted octanol–water partition coefficient (Wildman–Crippen LogP) is 0.486. The van der Waals surface area contributed by atoms with Crippen LogP contribution in [0.15, 0.2) is 60.7 Å². The summed E-state index contributed by atoms with van der Waals surface area (Å²) in [5.41, 5.74) is 6.94. The van der Waals surface area contributed by atoms with Gasteiger partial charge in [0.05, 0.1) is 6.61 Å². The van der Waals surface area contributed by atoms with Gasteiger partial charge in [0.1, 0.15) is 18.7 Å². The zero-order chi connectivity index (χ0) is 20.4. The molecule has 8 nitrogen and oxygen atoms in total. The lowest BCUT2D eigenvalue weighted by atomic mass is 10.1. The second-order valence-electron chi connectivity index (χ2n) is 6.09. The monoisotopic (exact) mass is 385 g/mol. The first kappa shape index (κ1) is 20.9. The second kappa shape index (κ2) is 10.7. The van der Waals surface area contributed by atoms with Crippen LogP contribution in [0.25, 0.3) is 0 Å². The molecule has 5 N–H and O–H groups in total. The Morgan fingerprint density at radius 1 is 0.893 bits per heavy atom. The highest BCUT2D eigenvalue weighted by Crippen LogP contribution is 2.04. The molecule has 0 heterocycles. The quantitative estimate of drug-likeness (QED) is 0.499. The third-order valence-corrected chi connectivity index (χ3v) is 3.95. The number of hydrogen-bond donors (Lipinski definition) is 4. The van der Waals surface area contributed by atoms with Crippen molar-refractivity contribution in [2.75, 3.05) is 6.61 Å². The van der Waals surface area contributed by atoms with Crippen LogP contribution in [0.2, 0.25) is 0 Å². The Kier molecular flexibility index (Phi) is 7.98. The Labute approximate surface area is 162 Å². The van der Waals surface area contributed by atoms with Crippen molar-refractivity contribution in [3.8, 4) is 0 Å². The summed E-state index contributed by atoms with van der Waals surface area (Å²) in [6.07, 6.45) is -0.671. The van der Waals surface area contributed by atoms with Gasteiger partial charge in [0.15, 0.2) is 0 Å². The molecule has 0 spiro atoms. The van der Waals surface area contributed by atoms with Crippen LogP contribution >= 0.6 is 0 Å². The third kappa shape index (κ3) is 6.73. The second-order valence-corrected chi connectivity index (χ2v) is 6.09. The number of alkyl carbamates (subject to hydrolysis) is 1. The number of nitrogens with two attached hydrogens (primary N) is 1. The molecule has 2 aromatic carbocycles. The number of amides is 3. The number of benzene rings is 2. The van der Waals surface area contributed by atoms with E-state index in [0.717, 1.165) is 11.1 Å². The first-order valence-electron chi connectivity index (χ1n) is 8.71. The Balaban J connectivity index is 1.89. The maximum absolute atomic E-state index is 12.3. The molecule has 0 saturated heterocycles. The number of primary amides is 1. The number of aliphatic hydroxyl groups is 1. The Morgan fingerprint density at radius 2 is 1.46 bits per heavy atom. The summed E-state index contributed by atoms with van der Waals surface area (Å²) in [4.78, 5) is 35.9. The number of aliphatic hydroxyl groups excluding tert-OH is 1. The Bertz CT molecular complexity index is 783. The lowest BCUT2D eigenvalue weighted by Gasteiger charge is -2.20. The SMILES string of the molecule is NC(=O)[C@@H](Cc1ccccc1)NC(=O)[C@@H](CO)NC(=O)OCc1ccccc1. The highest BCUT2D eigenvalue weighted by molar-refractivity contribution is 5.90. The van der Waals surface area contributed by atoms with Crippen LogP contribution in [0, 0.1) is 0 Å². The molecule has 28 heavy (non-hydrogen) atoms. The summed E-state index contributed by atoms with van der Waals surface area (Å²) in [6, 6.07) is 15.8. The van der Waals surface area contributed by atoms with Gasteiger partial charge in [0.2, 0.25) is 11.8 Å². The van der Waals surface area contributed by atoms with Gasteiger partial charge >= 0.3 is 6.09 Å². The van der Waals surface area contributed by atoms with Gasteiger partial charge in [0, 0.05) is 6.42 Å². The molecule has 0 aromatic heterocycles. The van der Waals surface area contributed by atoms with Gasteiger partial charge in [-0.2, -0.15) is 0 Å². The van der Waals surface area contributed by atoms with E-state index in [4.69, 9.17) is 10.5 Å². The Morgan fingerprint density at radius 3 is 2.00 bits per heavy atom. The molecule has 0 radical (unpaired) electrons. The number of ether oxygens (including phenoxy) is 1. The zero-order valence-corrected chi connectivity index (χ0v) is 15.2. The van der Waals surface area contributed by atoms with Gasteiger partial charge in [-0.1, -0.05) is 60.7 Å². The lowest BCUT2D eigenvalue weighted by Crippen LogP contribution is -2.54. The van der Waals surface area contributed by atoms with Gasteiger partial charge in [-0.05, 0) is 11.1 Å². The molecule has 0 aliphatic heterocycles. The van der Waals surface area contributed by atoms with Crippen LogP contribution in [0.4, 0.5) is 4.79 Å². The minimum Gasteiger partial charge on any atom is -0.445 e. The van der Waals surface area contributed by atoms with E-state index in [-0.39, 0.29) is 13.0 Å². The van der Waals surface area contributed by atoms with Gasteiger partial charge in [-0.15, -0.1) is 0 Å². The molecule has 8 heteroatoms. The normalized spacial score (nSPS) is 12.5. The average molecular weight is 385 g/mol. The van der Waals surface area contributed by atoms with Crippen molar-refractivity contribution in [3.63, 3.8) is 0 Å². The zero-order valence-electron chi connectivity index (χ0n) is 15.2. The summed E-state index contributed by atoms with van der Waals surface area (Å²) in [5, 5.41) is 14.1. The number of rotatable bonds is 9. The number of carbonyl (C=O) groups excluding carboxylic acids is 3. The van der Waals surface area contributed by atoms with Crippen molar-refractivity contribution in [2.24, 2.45) is 5.73 Å². The molecular weight excluding hydrogens is 362 g/mol. The average Bonchev–Trinajstić information content (AvgIpc) is 2.71. The molecule has 2 aromatic rings. The van der Waals surface area contributed by atoms with Crippen LogP contribution in [-0.4, -0.2) is 41.7 Å². The molecule has 0 unspecified atom stereocenters. The molecule has 0 saturated carbocycles. The smallest absolute Gasteiger partial charge is 0.408 e. The Hall–Kier alpha value is -3.39. The maximum atomic E-state index is 12.3. The van der Waals surface area contributed by atoms with Crippen LogP contribution in [0.3, 0.4) is 0 Å². The van der Waals surface area contributed by atoms with Crippen molar-refractivity contribution in [1.29, 1.82) is 0 Å². The molecule has 0 bridgehead atoms. The predicted molar refractivity (Wildman–Crippen MR) is 102 cm³/mol. The molecule has 0 fully saturated rings. The molecular formula is C20H23N3O5. The minimum atomic E-state index is -1.28. The highest BCUT2D eigenvalue weighted by atomic mass is 16.5. The molecule has 2 rings (SSSR count). The first-order valence-corrected chi connectivity index (χ1v) is 8.71. The van der Waals surface area contributed by atoms with E-state index in [9.17, 15) is 19.5 Å². The summed E-state index contributed by atoms with van der Waals surface area (Å²) >= 11 is 0. The van der Waals surface area contributed by atoms with Crippen molar-refractivity contribution in [1.82, 2.24) is 10.6 Å². The van der Waals surface area contributed by atoms with E-state index >= 15 is 0 Å². The van der Waals surface area contributed by atoms with E-state index in [1.54, 1.807) is 48.5 Å². The summed E-state index contributed by atoms with van der Waals surface area (Å²) in [6.45, 7) is -0.645. The van der Waals surface area contributed by atoms with Crippen LogP contribution in [0.5, 0.6) is 0 Å². The molecule has 0 aliphatic carbocycles. The van der Waals surface area contributed by atoms with Gasteiger partial charge in [0.25, 0.3) is 0 Å². The summed E-state index contributed by atoms with van der Waals surface area (Å²) in [5.74, 6) is -1.46. The van der Waals surface area contributed by atoms with Crippen molar-refractivity contribution >= 4 is 17.9 Å². The fourth-order valence-corrected chi connectivity index (χ4v) is 2.45. The summed E-state index contributed by atoms with van der Waals surface area (Å²) in [7, 11) is 0. The highest BCUT2D eigenvalue weighted by Gasteiger charge is 2.25. The molecule has 0 aliphatic rings. The fourth-order valence-electron chi connectivity index (χ4n) is 2.45. The van der Waals surface area contributed by atoms with Crippen LogP contribution in [0.1, 0.15) is 11.1 Å². The van der Waals surface area contributed by atoms with E-state index in [1.165, 1.54) is 0 Å². The molecule has 3 amide bonds. The number of hydrogen-bond acceptors (Lipinski definition) is 5. The molecule has 2 atom stereocenters. The first-order chi connectivity index (χ1) is 13.5. The number of nitrogens with one attached hydrogen (secondary N) is 2. The maximum Gasteiger partial charge on any atom is 0.408 e.